The Morgan fingerprint density at radius 2 is 1.76 bits per heavy atom. The molecule has 1 heteroatoms. The third-order valence-electron chi connectivity index (χ3n) is 5.49. The van der Waals surface area contributed by atoms with Crippen LogP contribution in [0.4, 0.5) is 0 Å². The highest BCUT2D eigenvalue weighted by molar-refractivity contribution is 6.03. The van der Waals surface area contributed by atoms with Gasteiger partial charge in [-0.1, -0.05) is 30.3 Å². The molecule has 2 aromatic carbocycles. The van der Waals surface area contributed by atoms with Crippen LogP contribution in [-0.2, 0) is 11.8 Å². The van der Waals surface area contributed by atoms with Crippen molar-refractivity contribution in [2.45, 2.75) is 44.9 Å². The summed E-state index contributed by atoms with van der Waals surface area (Å²) in [6, 6.07) is 13.1. The number of benzene rings is 2. The second-order valence-electron chi connectivity index (χ2n) is 6.67. The molecular weight excluding hydrogens is 256 g/mol. The Labute approximate surface area is 126 Å². The van der Waals surface area contributed by atoms with E-state index in [1.807, 2.05) is 0 Å². The first-order valence-corrected chi connectivity index (χ1v) is 7.85. The third-order valence-corrected chi connectivity index (χ3v) is 5.49. The number of hydrogen-bond acceptors (Lipinski definition) is 1. The van der Waals surface area contributed by atoms with Crippen LogP contribution in [0, 0.1) is 13.8 Å². The molecule has 0 saturated heterocycles. The number of carbonyl (C=O) groups is 1. The Hall–Kier alpha value is -1.89. The van der Waals surface area contributed by atoms with E-state index >= 15 is 0 Å². The smallest absolute Gasteiger partial charge is 0.164 e. The summed E-state index contributed by atoms with van der Waals surface area (Å²) in [5.74, 6) is 0.324. The van der Waals surface area contributed by atoms with Crippen LogP contribution in [0.25, 0.3) is 0 Å². The number of fused-ring (bicyclic) bond motifs is 4. The van der Waals surface area contributed by atoms with Gasteiger partial charge in [0.25, 0.3) is 0 Å². The van der Waals surface area contributed by atoms with Gasteiger partial charge in [0.05, 0.1) is 0 Å². The normalized spacial score (nSPS) is 23.2. The summed E-state index contributed by atoms with van der Waals surface area (Å²) in [6.07, 6.45) is 4.08. The summed E-state index contributed by atoms with van der Waals surface area (Å²) in [6.45, 7) is 4.25. The number of rotatable bonds is 0. The Bertz CT molecular complexity index is 756. The summed E-state index contributed by atoms with van der Waals surface area (Å²) in [4.78, 5) is 12.6. The molecule has 0 saturated carbocycles. The summed E-state index contributed by atoms with van der Waals surface area (Å²) in [7, 11) is 0. The lowest BCUT2D eigenvalue weighted by molar-refractivity contribution is 0.0976. The van der Waals surface area contributed by atoms with Crippen molar-refractivity contribution in [1.82, 2.24) is 0 Å². The minimum absolute atomic E-state index is 0.0558. The number of Topliss-reactive ketones (excluding diaryl/α,β-unsaturated/α-hetero) is 1. The van der Waals surface area contributed by atoms with Crippen LogP contribution < -0.4 is 0 Å². The molecule has 2 aliphatic carbocycles. The lowest BCUT2D eigenvalue weighted by Crippen LogP contribution is -2.30. The molecule has 106 valence electrons. The zero-order chi connectivity index (χ0) is 14.6. The standard InChI is InChI=1S/C20H20O/c1-13-10-16-18(11-14(13)2)20(12-19(16)21)9-5-7-15-6-3-4-8-17(15)20/h3-4,6,8,10-11H,5,7,9,12H2,1-2H3. The molecule has 2 aliphatic rings. The quantitative estimate of drug-likeness (QED) is 0.692. The van der Waals surface area contributed by atoms with E-state index in [1.165, 1.54) is 34.2 Å². The summed E-state index contributed by atoms with van der Waals surface area (Å²) < 4.78 is 0. The molecule has 2 aromatic rings. The van der Waals surface area contributed by atoms with E-state index < -0.39 is 0 Å². The average molecular weight is 276 g/mol. The van der Waals surface area contributed by atoms with E-state index in [-0.39, 0.29) is 5.41 Å². The van der Waals surface area contributed by atoms with Crippen LogP contribution in [0.3, 0.4) is 0 Å². The topological polar surface area (TPSA) is 17.1 Å². The van der Waals surface area contributed by atoms with E-state index in [9.17, 15) is 4.79 Å². The first-order valence-electron chi connectivity index (χ1n) is 7.85. The third kappa shape index (κ3) is 1.67. The summed E-state index contributed by atoms with van der Waals surface area (Å²) in [5, 5.41) is 0. The molecule has 0 bridgehead atoms. The molecular formula is C20H20O. The number of carbonyl (C=O) groups excluding carboxylic acids is 1. The molecule has 1 nitrogen and oxygen atoms in total. The van der Waals surface area contributed by atoms with Gasteiger partial charge in [-0.15, -0.1) is 0 Å². The number of hydrogen-bond donors (Lipinski definition) is 0. The zero-order valence-corrected chi connectivity index (χ0v) is 12.7. The van der Waals surface area contributed by atoms with Gasteiger partial charge in [0.15, 0.2) is 5.78 Å². The van der Waals surface area contributed by atoms with Crippen LogP contribution in [0.2, 0.25) is 0 Å². The fourth-order valence-electron chi connectivity index (χ4n) is 4.29. The monoisotopic (exact) mass is 276 g/mol. The Balaban J connectivity index is 2.01. The minimum Gasteiger partial charge on any atom is -0.294 e. The van der Waals surface area contributed by atoms with Gasteiger partial charge >= 0.3 is 0 Å². The Kier molecular flexibility index (Phi) is 2.63. The molecule has 0 fully saturated rings. The molecule has 0 N–H and O–H groups in total. The van der Waals surface area contributed by atoms with Gasteiger partial charge in [0.1, 0.15) is 0 Å². The van der Waals surface area contributed by atoms with Crippen molar-refractivity contribution in [3.8, 4) is 0 Å². The van der Waals surface area contributed by atoms with E-state index in [0.29, 0.717) is 12.2 Å². The molecule has 0 amide bonds. The van der Waals surface area contributed by atoms with Crippen molar-refractivity contribution >= 4 is 5.78 Å². The molecule has 0 aromatic heterocycles. The molecule has 21 heavy (non-hydrogen) atoms. The van der Waals surface area contributed by atoms with Crippen molar-refractivity contribution in [1.29, 1.82) is 0 Å². The van der Waals surface area contributed by atoms with Gasteiger partial charge in [-0.3, -0.25) is 4.79 Å². The maximum absolute atomic E-state index is 12.6. The Morgan fingerprint density at radius 3 is 2.62 bits per heavy atom. The molecule has 1 spiro atoms. The highest BCUT2D eigenvalue weighted by atomic mass is 16.1. The van der Waals surface area contributed by atoms with E-state index in [2.05, 4.69) is 50.2 Å². The first-order chi connectivity index (χ1) is 10.1. The van der Waals surface area contributed by atoms with Crippen LogP contribution in [0.1, 0.15) is 57.4 Å². The molecule has 4 rings (SSSR count). The Morgan fingerprint density at radius 1 is 1.00 bits per heavy atom. The lowest BCUT2D eigenvalue weighted by Gasteiger charge is -2.36. The van der Waals surface area contributed by atoms with Gasteiger partial charge in [0, 0.05) is 17.4 Å². The van der Waals surface area contributed by atoms with Crippen molar-refractivity contribution in [3.63, 3.8) is 0 Å². The van der Waals surface area contributed by atoms with Crippen molar-refractivity contribution in [2.75, 3.05) is 0 Å². The molecule has 1 unspecified atom stereocenters. The maximum atomic E-state index is 12.6. The molecule has 0 radical (unpaired) electrons. The fraction of sp³-hybridized carbons (Fsp3) is 0.350. The largest absolute Gasteiger partial charge is 0.294 e. The fourth-order valence-corrected chi connectivity index (χ4v) is 4.29. The molecule has 0 aliphatic heterocycles. The van der Waals surface area contributed by atoms with Crippen LogP contribution in [0.5, 0.6) is 0 Å². The van der Waals surface area contributed by atoms with Gasteiger partial charge < -0.3 is 0 Å². The van der Waals surface area contributed by atoms with Gasteiger partial charge in [-0.25, -0.2) is 0 Å². The number of ketones is 1. The van der Waals surface area contributed by atoms with E-state index in [4.69, 9.17) is 0 Å². The number of aryl methyl sites for hydroxylation is 3. The SMILES string of the molecule is Cc1cc2c(cc1C)C1(CCCc3ccccc31)CC2=O. The minimum atomic E-state index is -0.0558. The van der Waals surface area contributed by atoms with Crippen molar-refractivity contribution in [3.05, 3.63) is 69.8 Å². The van der Waals surface area contributed by atoms with E-state index in [1.54, 1.807) is 0 Å². The maximum Gasteiger partial charge on any atom is 0.164 e. The van der Waals surface area contributed by atoms with Crippen molar-refractivity contribution < 1.29 is 4.79 Å². The zero-order valence-electron chi connectivity index (χ0n) is 12.7. The second-order valence-corrected chi connectivity index (χ2v) is 6.67. The molecule has 1 atom stereocenters. The van der Waals surface area contributed by atoms with Crippen LogP contribution >= 0.6 is 0 Å². The van der Waals surface area contributed by atoms with Crippen LogP contribution in [-0.4, -0.2) is 5.78 Å². The van der Waals surface area contributed by atoms with Gasteiger partial charge in [-0.2, -0.15) is 0 Å². The highest BCUT2D eigenvalue weighted by Crippen LogP contribution is 2.51. The lowest BCUT2D eigenvalue weighted by atomic mass is 9.66. The van der Waals surface area contributed by atoms with Gasteiger partial charge in [-0.05, 0) is 67.0 Å². The first kappa shape index (κ1) is 12.8. The van der Waals surface area contributed by atoms with Crippen LogP contribution in [0.15, 0.2) is 36.4 Å². The average Bonchev–Trinajstić information content (AvgIpc) is 2.74. The van der Waals surface area contributed by atoms with E-state index in [0.717, 1.165) is 18.4 Å². The predicted octanol–water partition coefficient (Wildman–Crippen LogP) is 4.51. The van der Waals surface area contributed by atoms with Crippen molar-refractivity contribution in [2.24, 2.45) is 0 Å². The predicted molar refractivity (Wildman–Crippen MR) is 85.0 cm³/mol. The summed E-state index contributed by atoms with van der Waals surface area (Å²) >= 11 is 0. The second kappa shape index (κ2) is 4.30. The molecule has 0 heterocycles. The van der Waals surface area contributed by atoms with Gasteiger partial charge in [0.2, 0.25) is 0 Å². The summed E-state index contributed by atoms with van der Waals surface area (Å²) in [5.41, 5.74) is 7.54. The highest BCUT2D eigenvalue weighted by Gasteiger charge is 2.46.